The summed E-state index contributed by atoms with van der Waals surface area (Å²) in [7, 11) is 1.56. The quantitative estimate of drug-likeness (QED) is 0.436. The molecule has 5 aromatic rings. The minimum Gasteiger partial charge on any atom is -0.496 e. The van der Waals surface area contributed by atoms with E-state index in [-0.39, 0.29) is 11.4 Å². The molecule has 4 aromatic heterocycles. The van der Waals surface area contributed by atoms with Gasteiger partial charge in [-0.2, -0.15) is 4.52 Å². The summed E-state index contributed by atoms with van der Waals surface area (Å²) in [5.74, 6) is 0.772. The van der Waals surface area contributed by atoms with Gasteiger partial charge in [0.05, 0.1) is 29.6 Å². The molecule has 0 spiro atoms. The molecule has 0 aliphatic rings. The van der Waals surface area contributed by atoms with Crippen molar-refractivity contribution in [2.24, 2.45) is 0 Å². The molecule has 0 atom stereocenters. The van der Waals surface area contributed by atoms with Crippen LogP contribution in [0.1, 0.15) is 0 Å². The zero-order valence-corrected chi connectivity index (χ0v) is 14.7. The van der Waals surface area contributed by atoms with Gasteiger partial charge in [0, 0.05) is 23.9 Å². The molecule has 0 aliphatic heterocycles. The van der Waals surface area contributed by atoms with Crippen LogP contribution in [0.25, 0.3) is 39.2 Å². The summed E-state index contributed by atoms with van der Waals surface area (Å²) in [6.07, 6.45) is 1.65. The van der Waals surface area contributed by atoms with Gasteiger partial charge in [0.15, 0.2) is 5.82 Å². The number of rotatable bonds is 3. The van der Waals surface area contributed by atoms with E-state index in [1.54, 1.807) is 37.6 Å². The molecule has 28 heavy (non-hydrogen) atoms. The third-order valence-electron chi connectivity index (χ3n) is 4.50. The Hall–Kier alpha value is -4.21. The highest BCUT2D eigenvalue weighted by atomic mass is 16.5. The summed E-state index contributed by atoms with van der Waals surface area (Å²) in [5, 5.41) is 14.8. The second kappa shape index (κ2) is 5.91. The van der Waals surface area contributed by atoms with E-state index in [2.05, 4.69) is 30.5 Å². The zero-order valence-electron chi connectivity index (χ0n) is 14.7. The number of nitrogens with zero attached hydrogens (tertiary/aromatic N) is 5. The summed E-state index contributed by atoms with van der Waals surface area (Å²) in [6.45, 7) is 0. The molecule has 0 radical (unpaired) electrons. The van der Waals surface area contributed by atoms with E-state index in [9.17, 15) is 4.79 Å². The van der Waals surface area contributed by atoms with Gasteiger partial charge >= 0.3 is 0 Å². The number of benzene rings is 1. The third-order valence-corrected chi connectivity index (χ3v) is 4.50. The van der Waals surface area contributed by atoms with Gasteiger partial charge in [0.1, 0.15) is 16.9 Å². The van der Waals surface area contributed by atoms with E-state index in [4.69, 9.17) is 10.5 Å². The van der Waals surface area contributed by atoms with Gasteiger partial charge in [0.25, 0.3) is 5.56 Å². The predicted octanol–water partition coefficient (Wildman–Crippen LogP) is 1.61. The first-order valence-corrected chi connectivity index (χ1v) is 8.38. The third kappa shape index (κ3) is 2.31. The summed E-state index contributed by atoms with van der Waals surface area (Å²) >= 11 is 0. The maximum absolute atomic E-state index is 12.7. The molecule has 0 bridgehead atoms. The normalized spacial score (nSPS) is 11.3. The summed E-state index contributed by atoms with van der Waals surface area (Å²) < 4.78 is 6.72. The lowest BCUT2D eigenvalue weighted by molar-refractivity contribution is 0.417. The lowest BCUT2D eigenvalue weighted by Crippen LogP contribution is -2.14. The molecular weight excluding hydrogens is 360 g/mol. The van der Waals surface area contributed by atoms with E-state index in [1.165, 1.54) is 10.6 Å². The minimum absolute atomic E-state index is 0.211. The molecule has 138 valence electrons. The van der Waals surface area contributed by atoms with Crippen LogP contribution in [0.15, 0.2) is 47.4 Å². The minimum atomic E-state index is -0.333. The molecule has 5 rings (SSSR count). The molecule has 10 nitrogen and oxygen atoms in total. The van der Waals surface area contributed by atoms with Crippen molar-refractivity contribution >= 4 is 22.5 Å². The topological polar surface area (TPSA) is 140 Å². The van der Waals surface area contributed by atoms with E-state index in [1.807, 2.05) is 6.07 Å². The SMILES string of the molecule is COc1cc2[nH]nnc2cc1-c1cc(=O)n2nc(N)c(-c3ccccn3)c2[nH]1. The molecule has 10 heteroatoms. The number of nitrogens with two attached hydrogens (primary N) is 1. The van der Waals surface area contributed by atoms with Gasteiger partial charge in [0.2, 0.25) is 0 Å². The number of nitrogens with one attached hydrogen (secondary N) is 2. The zero-order chi connectivity index (χ0) is 19.3. The second-order valence-electron chi connectivity index (χ2n) is 6.14. The highest BCUT2D eigenvalue weighted by Crippen LogP contribution is 2.33. The Morgan fingerprint density at radius 2 is 2.11 bits per heavy atom. The van der Waals surface area contributed by atoms with Crippen LogP contribution in [0.4, 0.5) is 5.82 Å². The fraction of sp³-hybridized carbons (Fsp3) is 0.0556. The lowest BCUT2D eigenvalue weighted by Gasteiger charge is -2.09. The number of pyridine rings is 1. The van der Waals surface area contributed by atoms with Crippen LogP contribution >= 0.6 is 0 Å². The van der Waals surface area contributed by atoms with Crippen LogP contribution in [0.3, 0.4) is 0 Å². The average Bonchev–Trinajstić information content (AvgIpc) is 3.30. The number of fused-ring (bicyclic) bond motifs is 2. The van der Waals surface area contributed by atoms with Crippen molar-refractivity contribution in [1.82, 2.24) is 35.0 Å². The second-order valence-corrected chi connectivity index (χ2v) is 6.14. The molecule has 1 aromatic carbocycles. The Labute approximate surface area is 157 Å². The number of methoxy groups -OCH3 is 1. The Bertz CT molecular complexity index is 1380. The first kappa shape index (κ1) is 16.0. The van der Waals surface area contributed by atoms with Gasteiger partial charge in [-0.25, -0.2) is 0 Å². The van der Waals surface area contributed by atoms with E-state index < -0.39 is 0 Å². The average molecular weight is 374 g/mol. The van der Waals surface area contributed by atoms with Crippen molar-refractivity contribution in [1.29, 1.82) is 0 Å². The molecule has 0 amide bonds. The lowest BCUT2D eigenvalue weighted by atomic mass is 10.1. The Morgan fingerprint density at radius 1 is 1.21 bits per heavy atom. The predicted molar refractivity (Wildman–Crippen MR) is 103 cm³/mol. The van der Waals surface area contributed by atoms with Gasteiger partial charge in [-0.15, -0.1) is 10.2 Å². The number of aromatic amines is 2. The van der Waals surface area contributed by atoms with Crippen molar-refractivity contribution in [2.75, 3.05) is 12.8 Å². The molecule has 0 unspecified atom stereocenters. The van der Waals surface area contributed by atoms with E-state index in [0.29, 0.717) is 39.4 Å². The Morgan fingerprint density at radius 3 is 2.89 bits per heavy atom. The fourth-order valence-corrected chi connectivity index (χ4v) is 3.22. The highest BCUT2D eigenvalue weighted by Gasteiger charge is 2.18. The first-order chi connectivity index (χ1) is 13.7. The maximum Gasteiger partial charge on any atom is 0.274 e. The largest absolute Gasteiger partial charge is 0.496 e. The summed E-state index contributed by atoms with van der Waals surface area (Å²) in [4.78, 5) is 20.3. The van der Waals surface area contributed by atoms with Crippen molar-refractivity contribution in [2.45, 2.75) is 0 Å². The van der Waals surface area contributed by atoms with Gasteiger partial charge in [-0.1, -0.05) is 11.3 Å². The van der Waals surface area contributed by atoms with Gasteiger partial charge in [-0.3, -0.25) is 14.9 Å². The van der Waals surface area contributed by atoms with Gasteiger partial charge < -0.3 is 15.5 Å². The maximum atomic E-state index is 12.7. The smallest absolute Gasteiger partial charge is 0.274 e. The number of nitrogen functional groups attached to an aromatic ring is 1. The summed E-state index contributed by atoms with van der Waals surface area (Å²) in [6, 6.07) is 10.5. The van der Waals surface area contributed by atoms with Crippen LogP contribution in [-0.4, -0.2) is 42.1 Å². The molecule has 0 aliphatic carbocycles. The standard InChI is InChI=1S/C18H14N8O2/c1-28-14-7-13-12(22-25-23-13)6-9(14)11-8-15(27)26-18(21-11)16(17(19)24-26)10-4-2-3-5-20-10/h2-8,21H,1H3,(H2,19,24)(H,22,23,25). The first-order valence-electron chi connectivity index (χ1n) is 8.38. The monoisotopic (exact) mass is 374 g/mol. The van der Waals surface area contributed by atoms with Crippen LogP contribution in [0.2, 0.25) is 0 Å². The number of aromatic nitrogens is 7. The number of anilines is 1. The van der Waals surface area contributed by atoms with Crippen LogP contribution in [0, 0.1) is 0 Å². The number of hydrogen-bond acceptors (Lipinski definition) is 7. The van der Waals surface area contributed by atoms with Crippen molar-refractivity contribution in [3.05, 3.63) is 52.9 Å². The molecular formula is C18H14N8O2. The van der Waals surface area contributed by atoms with E-state index >= 15 is 0 Å². The molecule has 0 saturated heterocycles. The number of ether oxygens (including phenoxy) is 1. The highest BCUT2D eigenvalue weighted by molar-refractivity contribution is 5.87. The van der Waals surface area contributed by atoms with Crippen LogP contribution in [0.5, 0.6) is 5.75 Å². The van der Waals surface area contributed by atoms with Crippen molar-refractivity contribution in [3.8, 4) is 28.3 Å². The van der Waals surface area contributed by atoms with Crippen LogP contribution < -0.4 is 16.0 Å². The number of H-pyrrole nitrogens is 2. The fourth-order valence-electron chi connectivity index (χ4n) is 3.22. The van der Waals surface area contributed by atoms with E-state index in [0.717, 1.165) is 5.52 Å². The summed E-state index contributed by atoms with van der Waals surface area (Å²) in [5.41, 5.74) is 9.94. The molecule has 4 heterocycles. The molecule has 0 saturated carbocycles. The van der Waals surface area contributed by atoms with Crippen molar-refractivity contribution in [3.63, 3.8) is 0 Å². The Kier molecular flexibility index (Phi) is 3.38. The molecule has 0 fully saturated rings. The van der Waals surface area contributed by atoms with Gasteiger partial charge in [-0.05, 0) is 18.2 Å². The van der Waals surface area contributed by atoms with Crippen molar-refractivity contribution < 1.29 is 4.74 Å². The molecule has 4 N–H and O–H groups in total. The number of hydrogen-bond donors (Lipinski definition) is 3. The van der Waals surface area contributed by atoms with Crippen LogP contribution in [-0.2, 0) is 0 Å². The Balaban J connectivity index is 1.82.